The predicted octanol–water partition coefficient (Wildman–Crippen LogP) is 2.74. The highest BCUT2D eigenvalue weighted by Gasteiger charge is 2.29. The zero-order valence-electron chi connectivity index (χ0n) is 12.8. The number of benzene rings is 1. The number of sulfonamides is 1. The van der Waals surface area contributed by atoms with Crippen LogP contribution < -0.4 is 10.5 Å². The van der Waals surface area contributed by atoms with Gasteiger partial charge in [0.1, 0.15) is 5.82 Å². The lowest BCUT2D eigenvalue weighted by Crippen LogP contribution is -2.41. The number of hydrogen-bond acceptors (Lipinski definition) is 3. The van der Waals surface area contributed by atoms with Crippen molar-refractivity contribution in [1.29, 1.82) is 0 Å². The van der Waals surface area contributed by atoms with Crippen molar-refractivity contribution in [2.75, 3.05) is 5.73 Å². The fraction of sp³-hybridized carbons (Fsp3) is 0.571. The number of halogens is 1. The molecule has 0 bridgehead atoms. The number of nitrogens with two attached hydrogens (primary N) is 1. The first kappa shape index (κ1) is 16.9. The molecule has 0 saturated carbocycles. The molecule has 0 saturated heterocycles. The van der Waals surface area contributed by atoms with Crippen LogP contribution in [-0.2, 0) is 10.0 Å². The maximum absolute atomic E-state index is 13.5. The van der Waals surface area contributed by atoms with E-state index in [0.29, 0.717) is 5.56 Å². The molecule has 0 aromatic heterocycles. The fourth-order valence-electron chi connectivity index (χ4n) is 1.81. The molecule has 20 heavy (non-hydrogen) atoms. The van der Waals surface area contributed by atoms with Gasteiger partial charge in [0.2, 0.25) is 10.0 Å². The van der Waals surface area contributed by atoms with Crippen LogP contribution in [-0.4, -0.2) is 14.5 Å². The number of anilines is 1. The molecule has 114 valence electrons. The Kier molecular flexibility index (Phi) is 4.51. The predicted molar refractivity (Wildman–Crippen MR) is 79.5 cm³/mol. The molecule has 0 radical (unpaired) electrons. The third-order valence-electron chi connectivity index (χ3n) is 3.60. The largest absolute Gasteiger partial charge is 0.396 e. The number of nitrogen functional groups attached to an aromatic ring is 1. The van der Waals surface area contributed by atoms with Crippen LogP contribution in [0.15, 0.2) is 11.0 Å². The highest BCUT2D eigenvalue weighted by Crippen LogP contribution is 2.29. The third kappa shape index (κ3) is 3.30. The van der Waals surface area contributed by atoms with Gasteiger partial charge in [0.15, 0.2) is 0 Å². The monoisotopic (exact) mass is 302 g/mol. The molecule has 0 aliphatic heterocycles. The summed E-state index contributed by atoms with van der Waals surface area (Å²) < 4.78 is 41.2. The lowest BCUT2D eigenvalue weighted by molar-refractivity contribution is 0.317. The zero-order chi connectivity index (χ0) is 15.9. The molecule has 1 rings (SSSR count). The summed E-state index contributed by atoms with van der Waals surface area (Å²) in [4.78, 5) is 0.0625. The van der Waals surface area contributed by atoms with Crippen molar-refractivity contribution in [1.82, 2.24) is 4.72 Å². The van der Waals surface area contributed by atoms with Gasteiger partial charge in [-0.15, -0.1) is 0 Å². The first-order chi connectivity index (χ1) is 8.88. The van der Waals surface area contributed by atoms with Gasteiger partial charge in [-0.2, -0.15) is 0 Å². The van der Waals surface area contributed by atoms with E-state index in [1.807, 2.05) is 20.8 Å². The van der Waals surface area contributed by atoms with Crippen molar-refractivity contribution in [3.8, 4) is 0 Å². The standard InChI is InChI=1S/C14H23FN2O2S/c1-8-7-11(15)12(16)9(2)13(8)20(18,19)17-10(3)14(4,5)6/h7,10,17H,16H2,1-6H3. The molecule has 4 nitrogen and oxygen atoms in total. The van der Waals surface area contributed by atoms with Crippen molar-refractivity contribution < 1.29 is 12.8 Å². The quantitative estimate of drug-likeness (QED) is 0.843. The summed E-state index contributed by atoms with van der Waals surface area (Å²) in [5.74, 6) is -0.595. The Morgan fingerprint density at radius 1 is 1.30 bits per heavy atom. The number of aryl methyl sites for hydroxylation is 1. The first-order valence-electron chi connectivity index (χ1n) is 6.45. The average Bonchev–Trinajstić information content (AvgIpc) is 2.23. The van der Waals surface area contributed by atoms with E-state index in [0.717, 1.165) is 6.07 Å². The average molecular weight is 302 g/mol. The van der Waals surface area contributed by atoms with Crippen molar-refractivity contribution in [2.45, 2.75) is 52.5 Å². The van der Waals surface area contributed by atoms with Gasteiger partial charge in [-0.3, -0.25) is 0 Å². The van der Waals surface area contributed by atoms with Crippen LogP contribution in [0.3, 0.4) is 0 Å². The molecule has 1 aromatic rings. The summed E-state index contributed by atoms with van der Waals surface area (Å²) in [5.41, 5.74) is 5.85. The van der Waals surface area contributed by atoms with Crippen molar-refractivity contribution in [3.63, 3.8) is 0 Å². The van der Waals surface area contributed by atoms with E-state index in [1.54, 1.807) is 13.8 Å². The van der Waals surface area contributed by atoms with Gasteiger partial charge in [-0.25, -0.2) is 17.5 Å². The molecule has 6 heteroatoms. The highest BCUT2D eigenvalue weighted by molar-refractivity contribution is 7.89. The normalized spacial score (nSPS) is 14.3. The van der Waals surface area contributed by atoms with Crippen molar-refractivity contribution >= 4 is 15.7 Å². The Morgan fingerprint density at radius 3 is 2.25 bits per heavy atom. The number of rotatable bonds is 3. The van der Waals surface area contributed by atoms with Crippen LogP contribution >= 0.6 is 0 Å². The summed E-state index contributed by atoms with van der Waals surface area (Å²) >= 11 is 0. The molecule has 1 atom stereocenters. The van der Waals surface area contributed by atoms with Crippen LogP contribution in [0.5, 0.6) is 0 Å². The van der Waals surface area contributed by atoms with Gasteiger partial charge in [-0.1, -0.05) is 20.8 Å². The Bertz CT molecular complexity index is 619. The first-order valence-corrected chi connectivity index (χ1v) is 7.93. The number of hydrogen-bond donors (Lipinski definition) is 2. The van der Waals surface area contributed by atoms with Crippen LogP contribution in [0.25, 0.3) is 0 Å². The topological polar surface area (TPSA) is 72.2 Å². The minimum absolute atomic E-state index is 0.0625. The molecular weight excluding hydrogens is 279 g/mol. The molecule has 1 aromatic carbocycles. The van der Waals surface area contributed by atoms with Crippen LogP contribution in [0.4, 0.5) is 10.1 Å². The fourth-order valence-corrected chi connectivity index (χ4v) is 3.75. The van der Waals surface area contributed by atoms with E-state index in [9.17, 15) is 12.8 Å². The lowest BCUT2D eigenvalue weighted by atomic mass is 9.89. The molecular formula is C14H23FN2O2S. The second-order valence-corrected chi connectivity index (χ2v) is 7.90. The number of nitrogens with one attached hydrogen (secondary N) is 1. The smallest absolute Gasteiger partial charge is 0.241 e. The second kappa shape index (κ2) is 5.33. The van der Waals surface area contributed by atoms with Gasteiger partial charge in [0, 0.05) is 6.04 Å². The van der Waals surface area contributed by atoms with E-state index in [2.05, 4.69) is 4.72 Å². The second-order valence-electron chi connectivity index (χ2n) is 6.25. The molecule has 0 heterocycles. The molecule has 1 unspecified atom stereocenters. The summed E-state index contributed by atoms with van der Waals surface area (Å²) in [5, 5.41) is 0. The molecule has 0 spiro atoms. The van der Waals surface area contributed by atoms with E-state index >= 15 is 0 Å². The Labute approximate surface area is 120 Å². The van der Waals surface area contributed by atoms with Gasteiger partial charge < -0.3 is 5.73 Å². The van der Waals surface area contributed by atoms with Gasteiger partial charge >= 0.3 is 0 Å². The molecule has 0 aliphatic rings. The maximum Gasteiger partial charge on any atom is 0.241 e. The van der Waals surface area contributed by atoms with Crippen LogP contribution in [0.1, 0.15) is 38.8 Å². The third-order valence-corrected chi connectivity index (χ3v) is 5.43. The summed E-state index contributed by atoms with van der Waals surface area (Å²) in [6, 6.07) is 0.885. The summed E-state index contributed by atoms with van der Waals surface area (Å²) in [6.07, 6.45) is 0. The van der Waals surface area contributed by atoms with E-state index in [4.69, 9.17) is 5.73 Å². The minimum Gasteiger partial charge on any atom is -0.396 e. The maximum atomic E-state index is 13.5. The Balaban J connectivity index is 3.35. The van der Waals surface area contributed by atoms with Crippen molar-refractivity contribution in [3.05, 3.63) is 23.0 Å². The minimum atomic E-state index is -3.74. The highest BCUT2D eigenvalue weighted by atomic mass is 32.2. The van der Waals surface area contributed by atoms with Gasteiger partial charge in [0.05, 0.1) is 10.6 Å². The van der Waals surface area contributed by atoms with Gasteiger partial charge in [-0.05, 0) is 43.4 Å². The Hall–Kier alpha value is -1.14. The van der Waals surface area contributed by atoms with Gasteiger partial charge in [0.25, 0.3) is 0 Å². The SMILES string of the molecule is Cc1cc(F)c(N)c(C)c1S(=O)(=O)NC(C)C(C)(C)C. The molecule has 3 N–H and O–H groups in total. The zero-order valence-corrected chi connectivity index (χ0v) is 13.7. The summed E-state index contributed by atoms with van der Waals surface area (Å²) in [6.45, 7) is 10.7. The Morgan fingerprint density at radius 2 is 1.80 bits per heavy atom. The molecule has 0 aliphatic carbocycles. The van der Waals surface area contributed by atoms with Crippen molar-refractivity contribution in [2.24, 2.45) is 5.41 Å². The summed E-state index contributed by atoms with van der Waals surface area (Å²) in [7, 11) is -3.74. The molecule has 0 amide bonds. The van der Waals surface area contributed by atoms with E-state index < -0.39 is 15.8 Å². The van der Waals surface area contributed by atoms with Crippen LogP contribution in [0, 0.1) is 25.1 Å². The van der Waals surface area contributed by atoms with E-state index in [-0.39, 0.29) is 27.6 Å². The van der Waals surface area contributed by atoms with E-state index in [1.165, 1.54) is 6.92 Å². The molecule has 0 fully saturated rings. The lowest BCUT2D eigenvalue weighted by Gasteiger charge is -2.28. The van der Waals surface area contributed by atoms with Crippen LogP contribution in [0.2, 0.25) is 0 Å².